The van der Waals surface area contributed by atoms with Crippen LogP contribution in [0.15, 0.2) is 30.9 Å². The van der Waals surface area contributed by atoms with Crippen molar-refractivity contribution in [3.63, 3.8) is 0 Å². The zero-order valence-corrected chi connectivity index (χ0v) is 11.0. The van der Waals surface area contributed by atoms with Gasteiger partial charge in [0.2, 0.25) is 11.9 Å². The number of benzene rings is 1. The summed E-state index contributed by atoms with van der Waals surface area (Å²) in [5, 5.41) is 6.71. The van der Waals surface area contributed by atoms with E-state index < -0.39 is 5.82 Å². The van der Waals surface area contributed by atoms with Crippen molar-refractivity contribution in [2.24, 2.45) is 0 Å². The van der Waals surface area contributed by atoms with E-state index in [-0.39, 0.29) is 23.5 Å². The van der Waals surface area contributed by atoms with Gasteiger partial charge in [0.05, 0.1) is 5.69 Å². The molecule has 2 heterocycles. The smallest absolute Gasteiger partial charge is 0.258 e. The highest BCUT2D eigenvalue weighted by Gasteiger charge is 2.10. The third-order valence-electron chi connectivity index (χ3n) is 2.72. The summed E-state index contributed by atoms with van der Waals surface area (Å²) in [7, 11) is 0. The molecule has 2 aromatic heterocycles. The van der Waals surface area contributed by atoms with Gasteiger partial charge < -0.3 is 11.1 Å². The van der Waals surface area contributed by atoms with E-state index in [4.69, 9.17) is 5.73 Å². The van der Waals surface area contributed by atoms with E-state index in [2.05, 4.69) is 30.4 Å². The van der Waals surface area contributed by atoms with Gasteiger partial charge in [0.1, 0.15) is 18.5 Å². The number of halogens is 1. The number of hydrogen-bond acceptors (Lipinski definition) is 7. The summed E-state index contributed by atoms with van der Waals surface area (Å²) < 4.78 is 15.1. The maximum Gasteiger partial charge on any atom is 0.258 e. The first kappa shape index (κ1) is 12.9. The van der Waals surface area contributed by atoms with Crippen LogP contribution in [0, 0.1) is 12.7 Å². The number of aromatic nitrogens is 6. The van der Waals surface area contributed by atoms with Crippen LogP contribution >= 0.6 is 0 Å². The summed E-state index contributed by atoms with van der Waals surface area (Å²) in [5.41, 5.74) is 6.64. The molecule has 3 N–H and O–H groups in total. The molecule has 21 heavy (non-hydrogen) atoms. The Labute approximate surface area is 118 Å². The fourth-order valence-corrected chi connectivity index (χ4v) is 1.75. The molecule has 0 aliphatic carbocycles. The normalized spacial score (nSPS) is 10.6. The molecule has 0 saturated carbocycles. The van der Waals surface area contributed by atoms with Crippen molar-refractivity contribution < 1.29 is 4.39 Å². The first-order valence-corrected chi connectivity index (χ1v) is 6.02. The molecule has 9 heteroatoms. The van der Waals surface area contributed by atoms with E-state index in [9.17, 15) is 4.39 Å². The second-order valence-corrected chi connectivity index (χ2v) is 4.21. The lowest BCUT2D eigenvalue weighted by Crippen LogP contribution is -2.10. The number of nitrogens with one attached hydrogen (secondary N) is 1. The van der Waals surface area contributed by atoms with Crippen molar-refractivity contribution in [1.82, 2.24) is 29.7 Å². The standard InChI is InChI=1S/C12H11FN8/c1-7-3-2-4-8(13)9(7)17-11-18-10(14)19-12(20-11)21-6-15-5-16-21/h2-6H,1H3,(H3,14,17,18,19,20). The van der Waals surface area contributed by atoms with Crippen LogP contribution in [-0.2, 0) is 0 Å². The van der Waals surface area contributed by atoms with Crippen LogP contribution in [0.4, 0.5) is 22.0 Å². The Morgan fingerprint density at radius 3 is 2.81 bits per heavy atom. The highest BCUT2D eigenvalue weighted by atomic mass is 19.1. The number of hydrogen-bond donors (Lipinski definition) is 2. The van der Waals surface area contributed by atoms with Crippen LogP contribution in [0.25, 0.3) is 5.95 Å². The highest BCUT2D eigenvalue weighted by Crippen LogP contribution is 2.22. The molecule has 106 valence electrons. The summed E-state index contributed by atoms with van der Waals surface area (Å²) >= 11 is 0. The maximum absolute atomic E-state index is 13.8. The van der Waals surface area contributed by atoms with Crippen LogP contribution in [0.1, 0.15) is 5.56 Å². The summed E-state index contributed by atoms with van der Waals surface area (Å²) in [4.78, 5) is 15.8. The SMILES string of the molecule is Cc1cccc(F)c1Nc1nc(N)nc(-n2cncn2)n1. The molecule has 3 aromatic rings. The van der Waals surface area contributed by atoms with Crippen LogP contribution < -0.4 is 11.1 Å². The van der Waals surface area contributed by atoms with Crippen molar-refractivity contribution in [3.05, 3.63) is 42.2 Å². The van der Waals surface area contributed by atoms with Crippen LogP contribution in [0.3, 0.4) is 0 Å². The van der Waals surface area contributed by atoms with Gasteiger partial charge in [-0.25, -0.2) is 9.37 Å². The number of rotatable bonds is 3. The van der Waals surface area contributed by atoms with Gasteiger partial charge >= 0.3 is 0 Å². The van der Waals surface area contributed by atoms with E-state index in [1.165, 1.54) is 23.4 Å². The lowest BCUT2D eigenvalue weighted by Gasteiger charge is -2.10. The first-order chi connectivity index (χ1) is 10.1. The molecule has 0 radical (unpaired) electrons. The topological polar surface area (TPSA) is 107 Å². The summed E-state index contributed by atoms with van der Waals surface area (Å²) in [6.45, 7) is 1.77. The number of anilines is 3. The Hall–Kier alpha value is -3.10. The molecular formula is C12H11FN8. The highest BCUT2D eigenvalue weighted by molar-refractivity contribution is 5.59. The van der Waals surface area contributed by atoms with Crippen molar-refractivity contribution in [2.75, 3.05) is 11.1 Å². The summed E-state index contributed by atoms with van der Waals surface area (Å²) in [5.74, 6) is -0.0963. The minimum Gasteiger partial charge on any atom is -0.368 e. The van der Waals surface area contributed by atoms with Crippen molar-refractivity contribution in [1.29, 1.82) is 0 Å². The Morgan fingerprint density at radius 2 is 2.10 bits per heavy atom. The molecule has 0 saturated heterocycles. The van der Waals surface area contributed by atoms with Crippen LogP contribution in [0.5, 0.6) is 0 Å². The summed E-state index contributed by atoms with van der Waals surface area (Å²) in [6, 6.07) is 4.74. The first-order valence-electron chi connectivity index (χ1n) is 6.02. The number of nitrogens with two attached hydrogens (primary N) is 1. The van der Waals surface area contributed by atoms with Gasteiger partial charge in [0.15, 0.2) is 0 Å². The number of nitrogens with zero attached hydrogens (tertiary/aromatic N) is 6. The predicted octanol–water partition coefficient (Wildman–Crippen LogP) is 1.23. The third-order valence-corrected chi connectivity index (χ3v) is 2.72. The minimum atomic E-state index is -0.406. The zero-order valence-electron chi connectivity index (χ0n) is 11.0. The number of aryl methyl sites for hydroxylation is 1. The average Bonchev–Trinajstić information content (AvgIpc) is 2.97. The van der Waals surface area contributed by atoms with Crippen molar-refractivity contribution >= 4 is 17.6 Å². The van der Waals surface area contributed by atoms with Gasteiger partial charge in [0.25, 0.3) is 5.95 Å². The molecular weight excluding hydrogens is 275 g/mol. The van der Waals surface area contributed by atoms with Gasteiger partial charge in [-0.05, 0) is 18.6 Å². The zero-order chi connectivity index (χ0) is 14.8. The number of para-hydroxylation sites is 1. The second kappa shape index (κ2) is 5.12. The summed E-state index contributed by atoms with van der Waals surface area (Å²) in [6.07, 6.45) is 2.76. The van der Waals surface area contributed by atoms with E-state index in [1.54, 1.807) is 19.1 Å². The minimum absolute atomic E-state index is 0.00741. The van der Waals surface area contributed by atoms with Crippen molar-refractivity contribution in [2.45, 2.75) is 6.92 Å². The molecule has 0 atom stereocenters. The van der Waals surface area contributed by atoms with Gasteiger partial charge in [-0.1, -0.05) is 12.1 Å². The Kier molecular flexibility index (Phi) is 3.14. The molecule has 0 fully saturated rings. The van der Waals surface area contributed by atoms with Gasteiger partial charge in [-0.2, -0.15) is 24.7 Å². The Balaban J connectivity index is 2.00. The monoisotopic (exact) mass is 286 g/mol. The third kappa shape index (κ3) is 2.61. The molecule has 0 bridgehead atoms. The average molecular weight is 286 g/mol. The Morgan fingerprint density at radius 1 is 1.24 bits per heavy atom. The molecule has 8 nitrogen and oxygen atoms in total. The van der Waals surface area contributed by atoms with E-state index >= 15 is 0 Å². The quantitative estimate of drug-likeness (QED) is 0.745. The van der Waals surface area contributed by atoms with E-state index in [0.29, 0.717) is 0 Å². The van der Waals surface area contributed by atoms with Gasteiger partial charge in [-0.15, -0.1) is 0 Å². The fourth-order valence-electron chi connectivity index (χ4n) is 1.75. The van der Waals surface area contributed by atoms with Gasteiger partial charge in [0, 0.05) is 0 Å². The predicted molar refractivity (Wildman–Crippen MR) is 73.6 cm³/mol. The maximum atomic E-state index is 13.8. The fraction of sp³-hybridized carbons (Fsp3) is 0.0833. The van der Waals surface area contributed by atoms with E-state index in [0.717, 1.165) is 5.56 Å². The molecule has 0 unspecified atom stereocenters. The molecule has 0 amide bonds. The van der Waals surface area contributed by atoms with Crippen LogP contribution in [-0.4, -0.2) is 29.7 Å². The van der Waals surface area contributed by atoms with E-state index in [1.807, 2.05) is 0 Å². The molecule has 0 aliphatic rings. The largest absolute Gasteiger partial charge is 0.368 e. The lowest BCUT2D eigenvalue weighted by molar-refractivity contribution is 0.630. The molecule has 0 aliphatic heterocycles. The van der Waals surface area contributed by atoms with Crippen LogP contribution in [0.2, 0.25) is 0 Å². The van der Waals surface area contributed by atoms with Crippen molar-refractivity contribution in [3.8, 4) is 5.95 Å². The van der Waals surface area contributed by atoms with Gasteiger partial charge in [-0.3, -0.25) is 0 Å². The lowest BCUT2D eigenvalue weighted by atomic mass is 10.2. The molecule has 3 rings (SSSR count). The molecule has 0 spiro atoms. The Bertz CT molecular complexity index is 751. The second-order valence-electron chi connectivity index (χ2n) is 4.21. The molecule has 1 aromatic carbocycles. The number of nitrogen functional groups attached to an aromatic ring is 1.